The van der Waals surface area contributed by atoms with E-state index in [0.717, 1.165) is 30.3 Å². The van der Waals surface area contributed by atoms with Crippen LogP contribution < -0.4 is 10.2 Å². The Morgan fingerprint density at radius 3 is 2.53 bits per heavy atom. The topological polar surface area (TPSA) is 18.5 Å². The number of rotatable bonds is 7. The van der Waals surface area contributed by atoms with Gasteiger partial charge in [-0.05, 0) is 99.1 Å². The molecule has 0 saturated heterocycles. The lowest BCUT2D eigenvalue weighted by molar-refractivity contribution is 0.319. The van der Waals surface area contributed by atoms with Crippen LogP contribution in [0.25, 0.3) is 0 Å². The van der Waals surface area contributed by atoms with Crippen molar-refractivity contribution >= 4 is 28.7 Å². The highest BCUT2D eigenvalue weighted by molar-refractivity contribution is 7.80. The number of hydrogen-bond acceptors (Lipinski definition) is 2. The molecular weight excluding hydrogens is 386 g/mol. The molecule has 0 aliphatic carbocycles. The molecule has 1 heterocycles. The number of hydrogen-bond donors (Lipinski definition) is 1. The minimum Gasteiger partial charge on any atom is -0.371 e. The Bertz CT molecular complexity index is 856. The van der Waals surface area contributed by atoms with E-state index in [2.05, 4.69) is 86.1 Å². The summed E-state index contributed by atoms with van der Waals surface area (Å²) >= 11 is 5.87. The average molecular weight is 424 g/mol. The number of aryl methyl sites for hydroxylation is 3. The van der Waals surface area contributed by atoms with Crippen molar-refractivity contribution in [1.29, 1.82) is 0 Å². The number of thiocarbonyl (C=S) groups is 1. The lowest BCUT2D eigenvalue weighted by atomic mass is 9.98. The first kappa shape index (κ1) is 22.6. The number of anilines is 2. The van der Waals surface area contributed by atoms with E-state index in [1.165, 1.54) is 53.7 Å². The summed E-state index contributed by atoms with van der Waals surface area (Å²) in [5.41, 5.74) is 7.84. The number of nitrogens with one attached hydrogen (secondary N) is 1. The van der Waals surface area contributed by atoms with Crippen LogP contribution in [-0.4, -0.2) is 29.1 Å². The van der Waals surface area contributed by atoms with Crippen LogP contribution in [0, 0.1) is 13.8 Å². The van der Waals surface area contributed by atoms with Gasteiger partial charge in [-0.2, -0.15) is 0 Å². The van der Waals surface area contributed by atoms with Crippen molar-refractivity contribution in [3.8, 4) is 0 Å². The molecule has 0 fully saturated rings. The third-order valence-corrected chi connectivity index (χ3v) is 6.40. The second-order valence-electron chi connectivity index (χ2n) is 8.75. The normalized spacial score (nSPS) is 14.2. The third kappa shape index (κ3) is 5.54. The Morgan fingerprint density at radius 2 is 1.87 bits per heavy atom. The van der Waals surface area contributed by atoms with Gasteiger partial charge in [0.25, 0.3) is 0 Å². The van der Waals surface area contributed by atoms with E-state index < -0.39 is 0 Å². The Labute approximate surface area is 188 Å². The first-order chi connectivity index (χ1) is 14.4. The molecule has 0 radical (unpaired) electrons. The summed E-state index contributed by atoms with van der Waals surface area (Å²) in [5, 5.41) is 4.30. The highest BCUT2D eigenvalue weighted by atomic mass is 32.1. The first-order valence-electron chi connectivity index (χ1n) is 11.4. The molecule has 0 unspecified atom stereocenters. The molecule has 30 heavy (non-hydrogen) atoms. The van der Waals surface area contributed by atoms with Crippen LogP contribution in [-0.2, 0) is 13.0 Å². The molecule has 0 bridgehead atoms. The Hall–Kier alpha value is -2.07. The van der Waals surface area contributed by atoms with E-state index in [1.54, 1.807) is 0 Å². The van der Waals surface area contributed by atoms with Gasteiger partial charge in [0, 0.05) is 37.1 Å². The summed E-state index contributed by atoms with van der Waals surface area (Å²) in [6.07, 6.45) is 4.68. The molecule has 3 nitrogen and oxygen atoms in total. The average Bonchev–Trinajstić information content (AvgIpc) is 2.71. The van der Waals surface area contributed by atoms with Crippen molar-refractivity contribution in [1.82, 2.24) is 4.90 Å². The minimum absolute atomic E-state index is 0.378. The largest absolute Gasteiger partial charge is 0.371 e. The lowest BCUT2D eigenvalue weighted by Crippen LogP contribution is -2.40. The predicted molar refractivity (Wildman–Crippen MR) is 135 cm³/mol. The van der Waals surface area contributed by atoms with E-state index >= 15 is 0 Å². The van der Waals surface area contributed by atoms with Gasteiger partial charge in [-0.3, -0.25) is 0 Å². The molecular formula is C26H37N3S. The maximum Gasteiger partial charge on any atom is 0.173 e. The maximum absolute atomic E-state index is 5.87. The zero-order chi connectivity index (χ0) is 21.7. The fraction of sp³-hybridized carbons (Fsp3) is 0.500. The van der Waals surface area contributed by atoms with Crippen molar-refractivity contribution < 1.29 is 0 Å². The van der Waals surface area contributed by atoms with Crippen molar-refractivity contribution in [2.75, 3.05) is 23.3 Å². The Morgan fingerprint density at radius 1 is 1.13 bits per heavy atom. The molecule has 1 N–H and O–H groups in total. The van der Waals surface area contributed by atoms with Gasteiger partial charge in [0.15, 0.2) is 5.11 Å². The van der Waals surface area contributed by atoms with Crippen LogP contribution in [0.1, 0.15) is 62.3 Å². The summed E-state index contributed by atoms with van der Waals surface area (Å²) in [4.78, 5) is 4.88. The molecule has 1 atom stereocenters. The van der Waals surface area contributed by atoms with Crippen molar-refractivity contribution in [2.45, 2.75) is 72.9 Å². The Kier molecular flexibility index (Phi) is 7.76. The molecule has 1 aliphatic rings. The van der Waals surface area contributed by atoms with E-state index in [4.69, 9.17) is 12.2 Å². The van der Waals surface area contributed by atoms with Gasteiger partial charge >= 0.3 is 0 Å². The second-order valence-corrected chi connectivity index (χ2v) is 9.13. The van der Waals surface area contributed by atoms with Gasteiger partial charge in [-0.1, -0.05) is 32.0 Å². The van der Waals surface area contributed by atoms with Crippen LogP contribution in [0.5, 0.6) is 0 Å². The monoisotopic (exact) mass is 423 g/mol. The van der Waals surface area contributed by atoms with Crippen molar-refractivity contribution in [3.63, 3.8) is 0 Å². The summed E-state index contributed by atoms with van der Waals surface area (Å²) in [5.74, 6) is 0. The molecule has 0 spiro atoms. The summed E-state index contributed by atoms with van der Waals surface area (Å²) in [7, 11) is 0. The summed E-state index contributed by atoms with van der Waals surface area (Å²) in [6, 6.07) is 13.9. The fourth-order valence-electron chi connectivity index (χ4n) is 4.42. The predicted octanol–water partition coefficient (Wildman–Crippen LogP) is 6.46. The minimum atomic E-state index is 0.378. The van der Waals surface area contributed by atoms with E-state index in [1.807, 2.05) is 0 Å². The van der Waals surface area contributed by atoms with Gasteiger partial charge in [-0.15, -0.1) is 0 Å². The SMILES string of the molecule is CCCN1CCCc2cc(CN(C(=S)Nc3cc(C)cc(C)c3)[C@@H](C)CC)ccc21. The second kappa shape index (κ2) is 10.3. The Balaban J connectivity index is 1.78. The molecule has 4 heteroatoms. The molecule has 0 amide bonds. The van der Waals surface area contributed by atoms with E-state index in [-0.39, 0.29) is 0 Å². The highest BCUT2D eigenvalue weighted by Crippen LogP contribution is 2.29. The van der Waals surface area contributed by atoms with Crippen LogP contribution in [0.3, 0.4) is 0 Å². The van der Waals surface area contributed by atoms with Gasteiger partial charge in [-0.25, -0.2) is 0 Å². The maximum atomic E-state index is 5.87. The fourth-order valence-corrected chi connectivity index (χ4v) is 4.78. The molecule has 162 valence electrons. The van der Waals surface area contributed by atoms with Crippen LogP contribution in [0.15, 0.2) is 36.4 Å². The van der Waals surface area contributed by atoms with E-state index in [9.17, 15) is 0 Å². The number of fused-ring (bicyclic) bond motifs is 1. The van der Waals surface area contributed by atoms with Crippen LogP contribution >= 0.6 is 12.2 Å². The molecule has 0 aromatic heterocycles. The van der Waals surface area contributed by atoms with Gasteiger partial charge in [0.2, 0.25) is 0 Å². The zero-order valence-electron chi connectivity index (χ0n) is 19.3. The van der Waals surface area contributed by atoms with Gasteiger partial charge in [0.1, 0.15) is 0 Å². The number of benzene rings is 2. The summed E-state index contributed by atoms with van der Waals surface area (Å²) < 4.78 is 0. The van der Waals surface area contributed by atoms with Gasteiger partial charge < -0.3 is 15.1 Å². The van der Waals surface area contributed by atoms with Crippen molar-refractivity contribution in [3.05, 3.63) is 58.7 Å². The van der Waals surface area contributed by atoms with E-state index in [0.29, 0.717) is 6.04 Å². The molecule has 2 aromatic rings. The molecule has 2 aromatic carbocycles. The van der Waals surface area contributed by atoms with Gasteiger partial charge in [0.05, 0.1) is 0 Å². The molecule has 1 aliphatic heterocycles. The quantitative estimate of drug-likeness (QED) is 0.515. The zero-order valence-corrected chi connectivity index (χ0v) is 20.1. The molecule has 3 rings (SSSR count). The smallest absolute Gasteiger partial charge is 0.173 e. The standard InChI is InChI=1S/C26H37N3S/c1-6-12-28-13-8-9-23-17-22(10-11-25(23)28)18-29(21(5)7-2)26(30)27-24-15-19(3)14-20(4)16-24/h10-11,14-17,21H,6-9,12-13,18H2,1-5H3,(H,27,30)/t21-/m0/s1. The highest BCUT2D eigenvalue weighted by Gasteiger charge is 2.20. The van der Waals surface area contributed by atoms with Crippen LogP contribution in [0.2, 0.25) is 0 Å². The van der Waals surface area contributed by atoms with Crippen LogP contribution in [0.4, 0.5) is 11.4 Å². The van der Waals surface area contributed by atoms with Crippen molar-refractivity contribution in [2.24, 2.45) is 0 Å². The first-order valence-corrected chi connectivity index (χ1v) is 11.8. The third-order valence-electron chi connectivity index (χ3n) is 6.06. The number of nitrogens with zero attached hydrogens (tertiary/aromatic N) is 2. The summed E-state index contributed by atoms with van der Waals surface area (Å²) in [6.45, 7) is 14.2. The lowest BCUT2D eigenvalue weighted by Gasteiger charge is -2.34. The molecule has 0 saturated carbocycles.